The number of benzene rings is 1. The van der Waals surface area contributed by atoms with Crippen molar-refractivity contribution in [2.75, 3.05) is 14.2 Å². The minimum Gasteiger partial charge on any atom is -0.493 e. The lowest BCUT2D eigenvalue weighted by molar-refractivity contribution is 0.354. The molecular weight excluding hydrogens is 272 g/mol. The summed E-state index contributed by atoms with van der Waals surface area (Å²) >= 11 is 1.60. The summed E-state index contributed by atoms with van der Waals surface area (Å²) in [6.45, 7) is 1.95. The monoisotopic (exact) mass is 288 g/mol. The quantitative estimate of drug-likeness (QED) is 0.848. The molecule has 0 aliphatic carbocycles. The van der Waals surface area contributed by atoms with Crippen molar-refractivity contribution in [1.82, 2.24) is 4.98 Å². The Bertz CT molecular complexity index is 644. The molecule has 0 fully saturated rings. The van der Waals surface area contributed by atoms with Crippen LogP contribution in [0.2, 0.25) is 0 Å². The molecule has 1 aromatic carbocycles. The zero-order valence-corrected chi connectivity index (χ0v) is 12.6. The van der Waals surface area contributed by atoms with Crippen LogP contribution in [0.4, 0.5) is 0 Å². The van der Waals surface area contributed by atoms with Crippen molar-refractivity contribution in [3.05, 3.63) is 39.3 Å². The largest absolute Gasteiger partial charge is 0.493 e. The van der Waals surface area contributed by atoms with Crippen LogP contribution in [0.25, 0.3) is 0 Å². The summed E-state index contributed by atoms with van der Waals surface area (Å²) in [5.41, 5.74) is 2.06. The van der Waals surface area contributed by atoms with Gasteiger partial charge in [-0.05, 0) is 24.6 Å². The van der Waals surface area contributed by atoms with Gasteiger partial charge < -0.3 is 9.47 Å². The topological polar surface area (TPSA) is 55.1 Å². The molecule has 5 heteroatoms. The van der Waals surface area contributed by atoms with Crippen LogP contribution >= 0.6 is 11.3 Å². The maximum Gasteiger partial charge on any atom is 0.160 e. The highest BCUT2D eigenvalue weighted by molar-refractivity contribution is 7.11. The number of nitrogens with zero attached hydrogens (tertiary/aromatic N) is 2. The van der Waals surface area contributed by atoms with Crippen molar-refractivity contribution >= 4 is 11.3 Å². The summed E-state index contributed by atoms with van der Waals surface area (Å²) in [7, 11) is 3.25. The van der Waals surface area contributed by atoms with Gasteiger partial charge >= 0.3 is 0 Å². The zero-order chi connectivity index (χ0) is 14.5. The molecule has 4 nitrogen and oxygen atoms in total. The number of methoxy groups -OCH3 is 2. The third kappa shape index (κ3) is 3.09. The maximum absolute atomic E-state index is 8.77. The van der Waals surface area contributed by atoms with E-state index in [4.69, 9.17) is 14.7 Å². The first-order valence-corrected chi connectivity index (χ1v) is 7.02. The van der Waals surface area contributed by atoms with Crippen LogP contribution < -0.4 is 9.47 Å². The van der Waals surface area contributed by atoms with Gasteiger partial charge in [0.1, 0.15) is 0 Å². The Morgan fingerprint density at radius 3 is 2.65 bits per heavy atom. The number of hydrogen-bond acceptors (Lipinski definition) is 5. The average Bonchev–Trinajstić information content (AvgIpc) is 2.79. The number of thiazole rings is 1. The molecule has 0 N–H and O–H groups in total. The van der Waals surface area contributed by atoms with Gasteiger partial charge in [-0.1, -0.05) is 6.07 Å². The van der Waals surface area contributed by atoms with E-state index in [2.05, 4.69) is 11.1 Å². The molecule has 0 spiro atoms. The first-order valence-electron chi connectivity index (χ1n) is 6.21. The predicted octanol–water partition coefficient (Wildman–Crippen LogP) is 3.13. The van der Waals surface area contributed by atoms with E-state index in [1.54, 1.807) is 25.6 Å². The van der Waals surface area contributed by atoms with E-state index in [0.29, 0.717) is 6.42 Å². The van der Waals surface area contributed by atoms with Crippen LogP contribution in [-0.4, -0.2) is 19.2 Å². The van der Waals surface area contributed by atoms with E-state index in [1.165, 1.54) is 0 Å². The summed E-state index contributed by atoms with van der Waals surface area (Å²) in [5.74, 6) is 1.44. The summed E-state index contributed by atoms with van der Waals surface area (Å²) in [5, 5.41) is 9.78. The van der Waals surface area contributed by atoms with Gasteiger partial charge in [-0.3, -0.25) is 0 Å². The molecular formula is C15H16N2O2S. The third-order valence-corrected chi connectivity index (χ3v) is 4.14. The second-order valence-electron chi connectivity index (χ2n) is 4.32. The minimum atomic E-state index is 0.426. The number of aromatic nitrogens is 1. The molecule has 0 unspecified atom stereocenters. The molecule has 1 aromatic heterocycles. The molecule has 20 heavy (non-hydrogen) atoms. The Labute approximate surface area is 122 Å². The van der Waals surface area contributed by atoms with Crippen molar-refractivity contribution in [2.45, 2.75) is 19.8 Å². The average molecular weight is 288 g/mol. The van der Waals surface area contributed by atoms with Gasteiger partial charge in [-0.2, -0.15) is 5.26 Å². The summed E-state index contributed by atoms with van der Waals surface area (Å²) in [4.78, 5) is 5.56. The van der Waals surface area contributed by atoms with Gasteiger partial charge in [-0.15, -0.1) is 11.3 Å². The molecule has 1 heterocycles. The first kappa shape index (κ1) is 14.4. The van der Waals surface area contributed by atoms with Crippen molar-refractivity contribution in [3.63, 3.8) is 0 Å². The van der Waals surface area contributed by atoms with Gasteiger partial charge in [-0.25, -0.2) is 4.98 Å². The summed E-state index contributed by atoms with van der Waals surface area (Å²) in [6.07, 6.45) is 1.16. The number of nitriles is 1. The highest BCUT2D eigenvalue weighted by Crippen LogP contribution is 2.29. The van der Waals surface area contributed by atoms with E-state index in [-0.39, 0.29) is 0 Å². The molecule has 2 rings (SSSR count). The normalized spacial score (nSPS) is 10.1. The molecule has 0 radical (unpaired) electrons. The number of hydrogen-bond donors (Lipinski definition) is 0. The van der Waals surface area contributed by atoms with Gasteiger partial charge in [0, 0.05) is 11.3 Å². The Morgan fingerprint density at radius 2 is 2.00 bits per heavy atom. The van der Waals surface area contributed by atoms with Crippen molar-refractivity contribution < 1.29 is 9.47 Å². The first-order chi connectivity index (χ1) is 9.67. The molecule has 0 saturated heterocycles. The fourth-order valence-electron chi connectivity index (χ4n) is 1.96. The molecule has 2 aromatic rings. The number of aryl methyl sites for hydroxylation is 1. The molecule has 0 atom stereocenters. The lowest BCUT2D eigenvalue weighted by Gasteiger charge is -2.08. The Morgan fingerprint density at radius 1 is 1.25 bits per heavy atom. The van der Waals surface area contributed by atoms with Crippen LogP contribution in [0, 0.1) is 18.3 Å². The highest BCUT2D eigenvalue weighted by Gasteiger charge is 2.10. The Balaban J connectivity index is 2.22. The van der Waals surface area contributed by atoms with Gasteiger partial charge in [0.2, 0.25) is 0 Å². The fraction of sp³-hybridized carbons (Fsp3) is 0.333. The van der Waals surface area contributed by atoms with E-state index >= 15 is 0 Å². The summed E-state index contributed by atoms with van der Waals surface area (Å²) in [6, 6.07) is 8.02. The third-order valence-electron chi connectivity index (χ3n) is 2.98. The van der Waals surface area contributed by atoms with Crippen molar-refractivity contribution in [2.24, 2.45) is 0 Å². The fourth-order valence-corrected chi connectivity index (χ4v) is 3.00. The summed E-state index contributed by atoms with van der Waals surface area (Å²) < 4.78 is 10.5. The lowest BCUT2D eigenvalue weighted by Crippen LogP contribution is -1.93. The van der Waals surface area contributed by atoms with Crippen LogP contribution in [0.5, 0.6) is 11.5 Å². The predicted molar refractivity (Wildman–Crippen MR) is 78.5 cm³/mol. The zero-order valence-electron chi connectivity index (χ0n) is 11.8. The minimum absolute atomic E-state index is 0.426. The van der Waals surface area contributed by atoms with Crippen molar-refractivity contribution in [1.29, 1.82) is 5.26 Å². The number of rotatable bonds is 5. The van der Waals surface area contributed by atoms with Gasteiger partial charge in [0.05, 0.1) is 37.4 Å². The second-order valence-corrected chi connectivity index (χ2v) is 5.49. The van der Waals surface area contributed by atoms with E-state index in [9.17, 15) is 0 Å². The second kappa shape index (κ2) is 6.40. The smallest absolute Gasteiger partial charge is 0.160 e. The number of ether oxygens (including phenoxy) is 2. The van der Waals surface area contributed by atoms with Crippen LogP contribution in [-0.2, 0) is 12.8 Å². The van der Waals surface area contributed by atoms with Crippen LogP contribution in [0.1, 0.15) is 21.1 Å². The Hall–Kier alpha value is -2.06. The van der Waals surface area contributed by atoms with Crippen LogP contribution in [0.15, 0.2) is 18.2 Å². The molecule has 0 aliphatic rings. The van der Waals surface area contributed by atoms with Crippen molar-refractivity contribution in [3.8, 4) is 17.6 Å². The SMILES string of the molecule is COc1ccc(Cc2nc(C)c(CC#N)s2)cc1OC. The standard InChI is InChI=1S/C15H16N2O2S/c1-10-14(6-7-16)20-15(17-10)9-11-4-5-12(18-2)13(8-11)19-3/h4-5,8H,6,9H2,1-3H3. The molecule has 0 aliphatic heterocycles. The van der Waals surface area contributed by atoms with E-state index < -0.39 is 0 Å². The Kier molecular flexibility index (Phi) is 4.59. The molecule has 0 saturated carbocycles. The lowest BCUT2D eigenvalue weighted by atomic mass is 10.1. The molecule has 0 amide bonds. The van der Waals surface area contributed by atoms with E-state index in [0.717, 1.165) is 39.1 Å². The van der Waals surface area contributed by atoms with Crippen LogP contribution in [0.3, 0.4) is 0 Å². The van der Waals surface area contributed by atoms with Gasteiger partial charge in [0.15, 0.2) is 11.5 Å². The van der Waals surface area contributed by atoms with Gasteiger partial charge in [0.25, 0.3) is 0 Å². The highest BCUT2D eigenvalue weighted by atomic mass is 32.1. The molecule has 0 bridgehead atoms. The molecule has 104 valence electrons. The van der Waals surface area contributed by atoms with E-state index in [1.807, 2.05) is 25.1 Å². The maximum atomic E-state index is 8.77.